The minimum absolute atomic E-state index is 0.164. The largest absolute Gasteiger partial charge is 0.345 e. The van der Waals surface area contributed by atoms with Crippen LogP contribution in [-0.4, -0.2) is 26.2 Å². The van der Waals surface area contributed by atoms with Gasteiger partial charge in [0.2, 0.25) is 5.89 Å². The summed E-state index contributed by atoms with van der Waals surface area (Å²) < 4.78 is 5.32. The van der Waals surface area contributed by atoms with Gasteiger partial charge in [0, 0.05) is 17.7 Å². The number of hydrogen-bond acceptors (Lipinski definition) is 5. The molecule has 0 saturated heterocycles. The smallest absolute Gasteiger partial charge is 0.251 e. The lowest BCUT2D eigenvalue weighted by Gasteiger charge is -2.04. The summed E-state index contributed by atoms with van der Waals surface area (Å²) in [5, 5.41) is 13.6. The van der Waals surface area contributed by atoms with Crippen molar-refractivity contribution in [2.45, 2.75) is 38.1 Å². The van der Waals surface area contributed by atoms with Gasteiger partial charge in [0.25, 0.3) is 5.91 Å². The van der Waals surface area contributed by atoms with Gasteiger partial charge in [-0.25, -0.2) is 0 Å². The molecule has 3 aromatic rings. The van der Waals surface area contributed by atoms with E-state index in [1.807, 2.05) is 18.2 Å². The Balaban J connectivity index is 1.35. The molecular formula is C18H19N5O2. The lowest BCUT2D eigenvalue weighted by Crippen LogP contribution is -2.23. The molecule has 0 bridgehead atoms. The lowest BCUT2D eigenvalue weighted by molar-refractivity contribution is 0.0949. The van der Waals surface area contributed by atoms with Crippen molar-refractivity contribution in [3.8, 4) is 11.3 Å². The molecule has 0 atom stereocenters. The van der Waals surface area contributed by atoms with Gasteiger partial charge in [0.15, 0.2) is 5.82 Å². The highest BCUT2D eigenvalue weighted by Gasteiger charge is 2.23. The van der Waals surface area contributed by atoms with E-state index in [1.54, 1.807) is 18.3 Å². The van der Waals surface area contributed by atoms with Gasteiger partial charge in [0.05, 0.1) is 12.2 Å². The zero-order valence-corrected chi connectivity index (χ0v) is 13.7. The number of carbonyl (C=O) groups excluding carboxylic acids is 1. The third kappa shape index (κ3) is 3.45. The fourth-order valence-corrected chi connectivity index (χ4v) is 3.16. The Bertz CT molecular complexity index is 833. The maximum absolute atomic E-state index is 12.3. The summed E-state index contributed by atoms with van der Waals surface area (Å²) in [7, 11) is 0. The van der Waals surface area contributed by atoms with E-state index in [9.17, 15) is 4.79 Å². The van der Waals surface area contributed by atoms with Gasteiger partial charge in [-0.2, -0.15) is 10.1 Å². The van der Waals surface area contributed by atoms with Crippen molar-refractivity contribution in [2.24, 2.45) is 0 Å². The second kappa shape index (κ2) is 6.88. The van der Waals surface area contributed by atoms with Crippen molar-refractivity contribution in [1.29, 1.82) is 0 Å². The second-order valence-corrected chi connectivity index (χ2v) is 6.26. The van der Waals surface area contributed by atoms with Crippen LogP contribution < -0.4 is 5.32 Å². The van der Waals surface area contributed by atoms with Crippen LogP contribution in [0, 0.1) is 0 Å². The third-order valence-electron chi connectivity index (χ3n) is 4.55. The van der Waals surface area contributed by atoms with E-state index in [-0.39, 0.29) is 12.5 Å². The number of carbonyl (C=O) groups is 1. The first-order chi connectivity index (χ1) is 12.3. The highest BCUT2D eigenvalue weighted by Crippen LogP contribution is 2.32. The van der Waals surface area contributed by atoms with Crippen LogP contribution >= 0.6 is 0 Å². The Morgan fingerprint density at radius 3 is 2.72 bits per heavy atom. The second-order valence-electron chi connectivity index (χ2n) is 6.26. The van der Waals surface area contributed by atoms with Crippen LogP contribution in [-0.2, 0) is 6.54 Å². The maximum atomic E-state index is 12.3. The van der Waals surface area contributed by atoms with Crippen molar-refractivity contribution >= 4 is 5.91 Å². The fraction of sp³-hybridized carbons (Fsp3) is 0.333. The molecule has 0 spiro atoms. The molecule has 1 aliphatic rings. The van der Waals surface area contributed by atoms with Crippen LogP contribution in [0.4, 0.5) is 0 Å². The number of H-pyrrole nitrogens is 1. The molecule has 1 aliphatic carbocycles. The van der Waals surface area contributed by atoms with Gasteiger partial charge in [-0.1, -0.05) is 30.1 Å². The molecule has 2 heterocycles. The van der Waals surface area contributed by atoms with Gasteiger partial charge in [-0.15, -0.1) is 0 Å². The highest BCUT2D eigenvalue weighted by atomic mass is 16.5. The number of aromatic amines is 1. The zero-order chi connectivity index (χ0) is 17.1. The molecule has 1 saturated carbocycles. The molecule has 1 fully saturated rings. The summed E-state index contributed by atoms with van der Waals surface area (Å²) in [4.78, 5) is 16.7. The average molecular weight is 337 g/mol. The van der Waals surface area contributed by atoms with Gasteiger partial charge < -0.3 is 9.84 Å². The lowest BCUT2D eigenvalue weighted by atomic mass is 10.1. The van der Waals surface area contributed by atoms with E-state index >= 15 is 0 Å². The summed E-state index contributed by atoms with van der Waals surface area (Å²) in [6.45, 7) is 0.261. The zero-order valence-electron chi connectivity index (χ0n) is 13.7. The van der Waals surface area contributed by atoms with Crippen molar-refractivity contribution in [3.05, 3.63) is 53.8 Å². The molecule has 1 amide bonds. The Labute approximate surface area is 144 Å². The van der Waals surface area contributed by atoms with Crippen molar-refractivity contribution in [3.63, 3.8) is 0 Å². The van der Waals surface area contributed by atoms with E-state index in [4.69, 9.17) is 4.52 Å². The maximum Gasteiger partial charge on any atom is 0.251 e. The number of rotatable bonds is 5. The number of nitrogens with zero attached hydrogens (tertiary/aromatic N) is 3. The summed E-state index contributed by atoms with van der Waals surface area (Å²) in [6.07, 6.45) is 6.34. The molecular weight excluding hydrogens is 318 g/mol. The Morgan fingerprint density at radius 1 is 1.20 bits per heavy atom. The molecule has 0 unspecified atom stereocenters. The quantitative estimate of drug-likeness (QED) is 0.746. The van der Waals surface area contributed by atoms with E-state index in [2.05, 4.69) is 25.7 Å². The molecule has 2 N–H and O–H groups in total. The first-order valence-electron chi connectivity index (χ1n) is 8.50. The molecule has 7 nitrogen and oxygen atoms in total. The van der Waals surface area contributed by atoms with Crippen LogP contribution in [0.3, 0.4) is 0 Å². The molecule has 1 aromatic carbocycles. The third-order valence-corrected chi connectivity index (χ3v) is 4.55. The summed E-state index contributed by atoms with van der Waals surface area (Å²) in [5.74, 6) is 1.44. The van der Waals surface area contributed by atoms with Crippen LogP contribution in [0.2, 0.25) is 0 Å². The molecule has 128 valence electrons. The van der Waals surface area contributed by atoms with Gasteiger partial charge in [0.1, 0.15) is 0 Å². The van der Waals surface area contributed by atoms with Crippen LogP contribution in [0.25, 0.3) is 11.3 Å². The molecule has 7 heteroatoms. The monoisotopic (exact) mass is 337 g/mol. The van der Waals surface area contributed by atoms with Crippen molar-refractivity contribution < 1.29 is 9.32 Å². The first-order valence-corrected chi connectivity index (χ1v) is 8.50. The summed E-state index contributed by atoms with van der Waals surface area (Å²) >= 11 is 0. The summed E-state index contributed by atoms with van der Waals surface area (Å²) in [6, 6.07) is 9.22. The SMILES string of the molecule is O=C(NCc1noc(C2CCCC2)n1)c1ccc(-c2ccn[nH]2)cc1. The highest BCUT2D eigenvalue weighted by molar-refractivity contribution is 5.94. The first kappa shape index (κ1) is 15.6. The van der Waals surface area contributed by atoms with Gasteiger partial charge in [-0.3, -0.25) is 9.89 Å². The Hall–Kier alpha value is -2.96. The Morgan fingerprint density at radius 2 is 2.00 bits per heavy atom. The topological polar surface area (TPSA) is 96.7 Å². The molecule has 0 aliphatic heterocycles. The number of hydrogen-bond donors (Lipinski definition) is 2. The van der Waals surface area contributed by atoms with E-state index in [0.717, 1.165) is 24.1 Å². The van der Waals surface area contributed by atoms with Crippen LogP contribution in [0.5, 0.6) is 0 Å². The number of benzene rings is 1. The molecule has 2 aromatic heterocycles. The van der Waals surface area contributed by atoms with Crippen LogP contribution in [0.1, 0.15) is 53.7 Å². The van der Waals surface area contributed by atoms with Gasteiger partial charge in [-0.05, 0) is 36.6 Å². The standard InChI is InChI=1S/C18H19N5O2/c24-17(13-7-5-12(6-8-13)15-9-10-20-22-15)19-11-16-21-18(25-23-16)14-3-1-2-4-14/h5-10,14H,1-4,11H2,(H,19,24)(H,20,22). The predicted molar refractivity (Wildman–Crippen MR) is 90.7 cm³/mol. The van der Waals surface area contributed by atoms with Crippen LogP contribution in [0.15, 0.2) is 41.1 Å². The van der Waals surface area contributed by atoms with Crippen molar-refractivity contribution in [2.75, 3.05) is 0 Å². The fourth-order valence-electron chi connectivity index (χ4n) is 3.16. The van der Waals surface area contributed by atoms with Gasteiger partial charge >= 0.3 is 0 Å². The molecule has 0 radical (unpaired) electrons. The normalized spacial score (nSPS) is 14.7. The Kier molecular flexibility index (Phi) is 4.28. The number of nitrogens with one attached hydrogen (secondary N) is 2. The number of aromatic nitrogens is 4. The molecule has 25 heavy (non-hydrogen) atoms. The van der Waals surface area contributed by atoms with Crippen molar-refractivity contribution in [1.82, 2.24) is 25.7 Å². The average Bonchev–Trinajstić information content (AvgIpc) is 3.42. The minimum atomic E-state index is -0.164. The van der Waals surface area contributed by atoms with E-state index < -0.39 is 0 Å². The number of amides is 1. The summed E-state index contributed by atoms with van der Waals surface area (Å²) in [5.41, 5.74) is 2.48. The molecule has 4 rings (SSSR count). The minimum Gasteiger partial charge on any atom is -0.345 e. The van der Waals surface area contributed by atoms with E-state index in [0.29, 0.717) is 23.2 Å². The van der Waals surface area contributed by atoms with E-state index in [1.165, 1.54) is 12.8 Å². The predicted octanol–water partition coefficient (Wildman–Crippen LogP) is 3.05.